The maximum atomic E-state index is 12.1. The highest BCUT2D eigenvalue weighted by molar-refractivity contribution is 7.10. The lowest BCUT2D eigenvalue weighted by atomic mass is 10.0. The van der Waals surface area contributed by atoms with Crippen molar-refractivity contribution in [3.63, 3.8) is 0 Å². The Labute approximate surface area is 123 Å². The first-order valence-corrected chi connectivity index (χ1v) is 7.62. The Morgan fingerprint density at radius 2 is 2.50 bits per heavy atom. The van der Waals surface area contributed by atoms with Gasteiger partial charge < -0.3 is 15.2 Å². The highest BCUT2D eigenvalue weighted by atomic mass is 32.1. The molecule has 1 aliphatic rings. The Morgan fingerprint density at radius 1 is 1.65 bits per heavy atom. The Hall–Kier alpha value is -1.35. The normalized spacial score (nSPS) is 21.3. The van der Waals surface area contributed by atoms with Gasteiger partial charge >= 0.3 is 0 Å². The van der Waals surface area contributed by atoms with Crippen molar-refractivity contribution in [1.29, 1.82) is 0 Å². The van der Waals surface area contributed by atoms with E-state index in [-0.39, 0.29) is 12.5 Å². The predicted octanol–water partition coefficient (Wildman–Crippen LogP) is 1.67. The fourth-order valence-corrected chi connectivity index (χ4v) is 2.88. The van der Waals surface area contributed by atoms with Gasteiger partial charge in [-0.25, -0.2) is 0 Å². The van der Waals surface area contributed by atoms with Crippen LogP contribution in [0.3, 0.4) is 0 Å². The molecular formula is C15H19NO3S. The molecule has 0 aromatic carbocycles. The number of aliphatic hydroxyl groups is 1. The van der Waals surface area contributed by atoms with Crippen LogP contribution in [0, 0.1) is 11.8 Å². The van der Waals surface area contributed by atoms with Crippen LogP contribution in [0.2, 0.25) is 0 Å². The third-order valence-corrected chi connectivity index (χ3v) is 4.23. The molecule has 20 heavy (non-hydrogen) atoms. The van der Waals surface area contributed by atoms with E-state index in [9.17, 15) is 4.79 Å². The highest BCUT2D eigenvalue weighted by Gasteiger charge is 2.37. The Balaban J connectivity index is 1.93. The molecule has 2 heterocycles. The van der Waals surface area contributed by atoms with Crippen LogP contribution in [0.5, 0.6) is 0 Å². The van der Waals surface area contributed by atoms with E-state index in [2.05, 4.69) is 17.2 Å². The molecule has 1 unspecified atom stereocenters. The first-order chi connectivity index (χ1) is 9.65. The van der Waals surface area contributed by atoms with Crippen LogP contribution in [0.4, 0.5) is 0 Å². The number of hydrogen-bond acceptors (Lipinski definition) is 4. The number of thiophene rings is 1. The van der Waals surface area contributed by atoms with Gasteiger partial charge in [0.2, 0.25) is 0 Å². The molecule has 5 heteroatoms. The zero-order valence-corrected chi connectivity index (χ0v) is 12.4. The van der Waals surface area contributed by atoms with E-state index >= 15 is 0 Å². The van der Waals surface area contributed by atoms with E-state index in [0.29, 0.717) is 19.6 Å². The minimum absolute atomic E-state index is 0.0577. The molecule has 1 saturated heterocycles. The Morgan fingerprint density at radius 3 is 3.20 bits per heavy atom. The third-order valence-electron chi connectivity index (χ3n) is 3.31. The summed E-state index contributed by atoms with van der Waals surface area (Å²) < 4.78 is 5.52. The van der Waals surface area contributed by atoms with Crippen molar-refractivity contribution in [3.8, 4) is 11.8 Å². The molecule has 1 atom stereocenters. The van der Waals surface area contributed by atoms with Crippen molar-refractivity contribution in [2.75, 3.05) is 13.2 Å². The number of carbonyl (C=O) groups excluding carboxylic acids is 1. The van der Waals surface area contributed by atoms with Gasteiger partial charge in [-0.05, 0) is 31.2 Å². The zero-order valence-electron chi connectivity index (χ0n) is 11.6. The number of carbonyl (C=O) groups is 1. The van der Waals surface area contributed by atoms with Gasteiger partial charge in [-0.15, -0.1) is 11.3 Å². The summed E-state index contributed by atoms with van der Waals surface area (Å²) in [5, 5.41) is 13.6. The molecule has 1 aromatic heterocycles. The number of ether oxygens (including phenoxy) is 1. The van der Waals surface area contributed by atoms with Crippen LogP contribution >= 0.6 is 11.3 Å². The van der Waals surface area contributed by atoms with Crippen LogP contribution in [-0.2, 0) is 16.1 Å². The standard InChI is InChI=1S/C15H19NO3S/c1-15(7-4-9-19-15)14(18)16-11-13-12(6-10-20-13)5-2-3-8-17/h6,10,17H,3-4,7-9,11H2,1H3,(H,16,18). The molecule has 0 saturated carbocycles. The summed E-state index contributed by atoms with van der Waals surface area (Å²) in [4.78, 5) is 13.2. The highest BCUT2D eigenvalue weighted by Crippen LogP contribution is 2.25. The van der Waals surface area contributed by atoms with E-state index < -0.39 is 5.60 Å². The van der Waals surface area contributed by atoms with Crippen LogP contribution < -0.4 is 5.32 Å². The summed E-state index contributed by atoms with van der Waals surface area (Å²) in [6, 6.07) is 1.93. The molecule has 2 rings (SSSR count). The van der Waals surface area contributed by atoms with Gasteiger partial charge in [-0.3, -0.25) is 4.79 Å². The molecular weight excluding hydrogens is 274 g/mol. The van der Waals surface area contributed by atoms with Crippen molar-refractivity contribution in [1.82, 2.24) is 5.32 Å². The number of hydrogen-bond donors (Lipinski definition) is 2. The van der Waals surface area contributed by atoms with Crippen LogP contribution in [0.25, 0.3) is 0 Å². The number of rotatable bonds is 4. The SMILES string of the molecule is CC1(C(=O)NCc2sccc2C#CCCO)CCCO1. The molecule has 0 spiro atoms. The molecule has 108 valence electrons. The molecule has 1 aliphatic heterocycles. The van der Waals surface area contributed by atoms with Gasteiger partial charge in [0, 0.05) is 23.5 Å². The van der Waals surface area contributed by atoms with Crippen molar-refractivity contribution in [2.45, 2.75) is 38.3 Å². The second kappa shape index (κ2) is 6.89. The van der Waals surface area contributed by atoms with Gasteiger partial charge in [-0.2, -0.15) is 0 Å². The summed E-state index contributed by atoms with van der Waals surface area (Å²) in [5.74, 6) is 5.85. The van der Waals surface area contributed by atoms with Crippen LogP contribution in [0.15, 0.2) is 11.4 Å². The summed E-state index contributed by atoms with van der Waals surface area (Å²) >= 11 is 1.57. The maximum Gasteiger partial charge on any atom is 0.252 e. The van der Waals surface area contributed by atoms with E-state index in [4.69, 9.17) is 9.84 Å². The molecule has 0 bridgehead atoms. The Kier molecular flexibility index (Phi) is 5.18. The summed E-state index contributed by atoms with van der Waals surface area (Å²) in [6.07, 6.45) is 2.17. The van der Waals surface area contributed by atoms with Gasteiger partial charge in [-0.1, -0.05) is 11.8 Å². The first-order valence-electron chi connectivity index (χ1n) is 6.74. The van der Waals surface area contributed by atoms with E-state index in [0.717, 1.165) is 23.3 Å². The molecule has 1 aromatic rings. The lowest BCUT2D eigenvalue weighted by molar-refractivity contribution is -0.139. The van der Waals surface area contributed by atoms with Crippen LogP contribution in [-0.4, -0.2) is 29.8 Å². The first kappa shape index (κ1) is 15.0. The van der Waals surface area contributed by atoms with Crippen molar-refractivity contribution < 1.29 is 14.6 Å². The quantitative estimate of drug-likeness (QED) is 0.830. The fourth-order valence-electron chi connectivity index (χ4n) is 2.11. The minimum atomic E-state index is -0.681. The number of nitrogens with one attached hydrogen (secondary N) is 1. The topological polar surface area (TPSA) is 58.6 Å². The van der Waals surface area contributed by atoms with E-state index in [1.54, 1.807) is 11.3 Å². The van der Waals surface area contributed by atoms with E-state index in [1.807, 2.05) is 18.4 Å². The summed E-state index contributed by atoms with van der Waals surface area (Å²) in [5.41, 5.74) is 0.237. The maximum absolute atomic E-state index is 12.1. The molecule has 1 amide bonds. The minimum Gasteiger partial charge on any atom is -0.395 e. The fraction of sp³-hybridized carbons (Fsp3) is 0.533. The lowest BCUT2D eigenvalue weighted by Crippen LogP contribution is -2.43. The summed E-state index contributed by atoms with van der Waals surface area (Å²) in [6.45, 7) is 3.03. The smallest absolute Gasteiger partial charge is 0.252 e. The number of aliphatic hydroxyl groups excluding tert-OH is 1. The summed E-state index contributed by atoms with van der Waals surface area (Å²) in [7, 11) is 0. The van der Waals surface area contributed by atoms with Crippen molar-refractivity contribution in [3.05, 3.63) is 21.9 Å². The van der Waals surface area contributed by atoms with Gasteiger partial charge in [0.1, 0.15) is 5.60 Å². The average molecular weight is 293 g/mol. The van der Waals surface area contributed by atoms with Crippen LogP contribution in [0.1, 0.15) is 36.6 Å². The van der Waals surface area contributed by atoms with Gasteiger partial charge in [0.05, 0.1) is 13.2 Å². The van der Waals surface area contributed by atoms with Crippen molar-refractivity contribution in [2.24, 2.45) is 0 Å². The van der Waals surface area contributed by atoms with E-state index in [1.165, 1.54) is 0 Å². The molecule has 0 radical (unpaired) electrons. The van der Waals surface area contributed by atoms with Gasteiger partial charge in [0.15, 0.2) is 0 Å². The molecule has 0 aliphatic carbocycles. The number of amides is 1. The second-order valence-corrected chi connectivity index (χ2v) is 5.90. The molecule has 4 nitrogen and oxygen atoms in total. The van der Waals surface area contributed by atoms with Gasteiger partial charge in [0.25, 0.3) is 5.91 Å². The molecule has 2 N–H and O–H groups in total. The predicted molar refractivity (Wildman–Crippen MR) is 78.3 cm³/mol. The monoisotopic (exact) mass is 293 g/mol. The lowest BCUT2D eigenvalue weighted by Gasteiger charge is -2.21. The largest absolute Gasteiger partial charge is 0.395 e. The third kappa shape index (κ3) is 3.60. The second-order valence-electron chi connectivity index (χ2n) is 4.90. The Bertz CT molecular complexity index is 521. The zero-order chi connectivity index (χ0) is 14.4. The average Bonchev–Trinajstić information content (AvgIpc) is 3.06. The molecule has 1 fully saturated rings. The van der Waals surface area contributed by atoms with Crippen molar-refractivity contribution >= 4 is 17.2 Å².